The Labute approximate surface area is 233 Å². The van der Waals surface area contributed by atoms with E-state index in [1.54, 1.807) is 12.1 Å². The molecule has 0 radical (unpaired) electrons. The van der Waals surface area contributed by atoms with Crippen molar-refractivity contribution >= 4 is 27.4 Å². The molecular formula is C26H37F3N6O4S. The van der Waals surface area contributed by atoms with Crippen LogP contribution in [0.3, 0.4) is 0 Å². The van der Waals surface area contributed by atoms with Crippen LogP contribution in [-0.2, 0) is 22.6 Å². The molecule has 1 saturated carbocycles. The van der Waals surface area contributed by atoms with Crippen LogP contribution in [0.4, 0.5) is 24.8 Å². The van der Waals surface area contributed by atoms with Gasteiger partial charge in [-0.25, -0.2) is 22.7 Å². The zero-order chi connectivity index (χ0) is 29.7. The molecule has 0 bridgehead atoms. The lowest BCUT2D eigenvalue weighted by atomic mass is 9.81. The second-order valence-electron chi connectivity index (χ2n) is 10.3. The molecule has 0 amide bonds. The Balaban J connectivity index is 1.92. The van der Waals surface area contributed by atoms with E-state index < -0.39 is 27.8 Å². The molecule has 1 fully saturated rings. The Morgan fingerprint density at radius 2 is 1.88 bits per heavy atom. The molecule has 0 spiro atoms. The molecule has 1 aromatic carbocycles. The molecule has 1 heterocycles. The van der Waals surface area contributed by atoms with Crippen LogP contribution in [0.5, 0.6) is 5.75 Å². The van der Waals surface area contributed by atoms with Crippen LogP contribution >= 0.6 is 0 Å². The van der Waals surface area contributed by atoms with Gasteiger partial charge in [-0.05, 0) is 57.5 Å². The van der Waals surface area contributed by atoms with Crippen LogP contribution in [0.2, 0.25) is 0 Å². The molecule has 2 N–H and O–H groups in total. The third-order valence-corrected chi connectivity index (χ3v) is 8.29. The van der Waals surface area contributed by atoms with E-state index in [1.807, 2.05) is 19.0 Å². The van der Waals surface area contributed by atoms with Crippen LogP contribution in [0.15, 0.2) is 24.4 Å². The molecule has 40 heavy (non-hydrogen) atoms. The molecular weight excluding hydrogens is 549 g/mol. The van der Waals surface area contributed by atoms with Gasteiger partial charge in [-0.2, -0.15) is 13.2 Å². The zero-order valence-corrected chi connectivity index (χ0v) is 24.2. The number of sulfonamides is 1. The predicted octanol–water partition coefficient (Wildman–Crippen LogP) is 3.53. The van der Waals surface area contributed by atoms with Crippen molar-refractivity contribution in [2.75, 3.05) is 53.0 Å². The van der Waals surface area contributed by atoms with Crippen molar-refractivity contribution in [3.8, 4) is 5.75 Å². The minimum Gasteiger partial charge on any atom is -0.495 e. The van der Waals surface area contributed by atoms with Crippen LogP contribution < -0.4 is 15.4 Å². The largest absolute Gasteiger partial charge is 0.495 e. The van der Waals surface area contributed by atoms with E-state index in [4.69, 9.17) is 4.74 Å². The first kappa shape index (κ1) is 31.7. The first-order valence-corrected chi connectivity index (χ1v) is 14.7. The molecule has 0 saturated heterocycles. The van der Waals surface area contributed by atoms with Gasteiger partial charge in [0.2, 0.25) is 16.0 Å². The van der Waals surface area contributed by atoms with Crippen LogP contribution in [0.1, 0.15) is 47.3 Å². The zero-order valence-electron chi connectivity index (χ0n) is 23.4. The Kier molecular flexibility index (Phi) is 10.5. The fourth-order valence-corrected chi connectivity index (χ4v) is 5.63. The normalized spacial score (nSPS) is 18.2. The van der Waals surface area contributed by atoms with Crippen molar-refractivity contribution in [3.05, 3.63) is 41.2 Å². The van der Waals surface area contributed by atoms with Crippen molar-refractivity contribution in [2.24, 2.45) is 5.92 Å². The van der Waals surface area contributed by atoms with Crippen LogP contribution in [0.25, 0.3) is 0 Å². The lowest BCUT2D eigenvalue weighted by Gasteiger charge is -2.37. The number of carbonyl (C=O) groups excluding carboxylic acids is 1. The summed E-state index contributed by atoms with van der Waals surface area (Å²) >= 11 is 0. The number of hydrogen-bond acceptors (Lipinski definition) is 9. The monoisotopic (exact) mass is 586 g/mol. The summed E-state index contributed by atoms with van der Waals surface area (Å²) in [5, 5.41) is 5.93. The third-order valence-electron chi connectivity index (χ3n) is 6.97. The third kappa shape index (κ3) is 8.35. The van der Waals surface area contributed by atoms with E-state index in [1.165, 1.54) is 24.5 Å². The number of anilines is 2. The maximum atomic E-state index is 13.9. The van der Waals surface area contributed by atoms with Gasteiger partial charge in [0.25, 0.3) is 0 Å². The highest BCUT2D eigenvalue weighted by Gasteiger charge is 2.38. The van der Waals surface area contributed by atoms with E-state index in [0.29, 0.717) is 36.5 Å². The molecule has 0 aliphatic heterocycles. The number of aromatic nitrogens is 2. The number of ketones is 1. The topological polar surface area (TPSA) is 117 Å². The van der Waals surface area contributed by atoms with E-state index in [-0.39, 0.29) is 36.3 Å². The molecule has 1 aliphatic carbocycles. The van der Waals surface area contributed by atoms with E-state index >= 15 is 0 Å². The Morgan fingerprint density at radius 1 is 1.18 bits per heavy atom. The quantitative estimate of drug-likeness (QED) is 0.285. The number of nitrogens with one attached hydrogen (secondary N) is 2. The van der Waals surface area contributed by atoms with Gasteiger partial charge in [0.15, 0.2) is 5.78 Å². The van der Waals surface area contributed by atoms with Gasteiger partial charge in [0.1, 0.15) is 5.75 Å². The summed E-state index contributed by atoms with van der Waals surface area (Å²) in [4.78, 5) is 22.7. The highest BCUT2D eigenvalue weighted by molar-refractivity contribution is 7.88. The summed E-state index contributed by atoms with van der Waals surface area (Å²) < 4.78 is 72.9. The lowest BCUT2D eigenvalue weighted by molar-refractivity contribution is -0.138. The standard InChI is InChI=1S/C26H37F3N6O4S/c1-34(2)16-30-15-23(36)18-10-11-24(39-4)21(13-18)33-25-31-14-19(26(27,28)29)20(32-25)12-17-8-6-7-9-22(17)35(3)40(5,37)38/h10-11,13-14,17,22,30H,6-9,12,15-16H2,1-5H3,(H,31,32,33)/t17-,22+/m0/s1. The van der Waals surface area contributed by atoms with Gasteiger partial charge in [0.05, 0.1) is 36.9 Å². The molecule has 2 atom stereocenters. The van der Waals surface area contributed by atoms with Gasteiger partial charge in [-0.3, -0.25) is 15.0 Å². The summed E-state index contributed by atoms with van der Waals surface area (Å²) in [7, 11) is 3.10. The lowest BCUT2D eigenvalue weighted by Crippen LogP contribution is -2.44. The van der Waals surface area contributed by atoms with E-state index in [2.05, 4.69) is 20.6 Å². The number of methoxy groups -OCH3 is 1. The van der Waals surface area contributed by atoms with Gasteiger partial charge in [-0.15, -0.1) is 0 Å². The number of ether oxygens (including phenoxy) is 1. The Bertz CT molecular complexity index is 1290. The van der Waals surface area contributed by atoms with Crippen molar-refractivity contribution in [3.63, 3.8) is 0 Å². The maximum Gasteiger partial charge on any atom is 0.419 e. The van der Waals surface area contributed by atoms with Crippen molar-refractivity contribution in [1.29, 1.82) is 0 Å². The number of rotatable bonds is 12. The second kappa shape index (κ2) is 13.2. The summed E-state index contributed by atoms with van der Waals surface area (Å²) in [6.45, 7) is 0.604. The second-order valence-corrected chi connectivity index (χ2v) is 12.3. The average molecular weight is 587 g/mol. The van der Waals surface area contributed by atoms with Gasteiger partial charge >= 0.3 is 6.18 Å². The molecule has 3 rings (SSSR count). The molecule has 222 valence electrons. The first-order chi connectivity index (χ1) is 18.7. The fraction of sp³-hybridized carbons (Fsp3) is 0.577. The Morgan fingerprint density at radius 3 is 2.50 bits per heavy atom. The highest BCUT2D eigenvalue weighted by atomic mass is 32.2. The summed E-state index contributed by atoms with van der Waals surface area (Å²) in [6.07, 6.45) is -0.205. The summed E-state index contributed by atoms with van der Waals surface area (Å²) in [5.74, 6) is -0.271. The molecule has 14 heteroatoms. The van der Waals surface area contributed by atoms with E-state index in [9.17, 15) is 26.4 Å². The molecule has 0 unspecified atom stereocenters. The number of nitrogens with zero attached hydrogens (tertiary/aromatic N) is 4. The van der Waals surface area contributed by atoms with Crippen molar-refractivity contribution in [1.82, 2.24) is 24.5 Å². The summed E-state index contributed by atoms with van der Waals surface area (Å²) in [5.41, 5.74) is -0.496. The molecule has 1 aromatic heterocycles. The van der Waals surface area contributed by atoms with Gasteiger partial charge < -0.3 is 10.1 Å². The molecule has 2 aromatic rings. The van der Waals surface area contributed by atoms with Crippen LogP contribution in [-0.4, -0.2) is 87.1 Å². The van der Waals surface area contributed by atoms with Crippen molar-refractivity contribution < 1.29 is 31.1 Å². The maximum absolute atomic E-state index is 13.9. The minimum atomic E-state index is -4.69. The number of Topliss-reactive ketones (excluding diaryl/α,β-unsaturated/α-hetero) is 1. The Hall–Kier alpha value is -2.81. The predicted molar refractivity (Wildman–Crippen MR) is 146 cm³/mol. The molecule has 10 nitrogen and oxygen atoms in total. The minimum absolute atomic E-state index is 0.0657. The number of benzene rings is 1. The van der Waals surface area contributed by atoms with Crippen LogP contribution in [0, 0.1) is 5.92 Å². The number of carbonyl (C=O) groups is 1. The van der Waals surface area contributed by atoms with E-state index in [0.717, 1.165) is 25.3 Å². The van der Waals surface area contributed by atoms with Gasteiger partial charge in [-0.1, -0.05) is 12.8 Å². The highest BCUT2D eigenvalue weighted by Crippen LogP contribution is 2.37. The molecule has 1 aliphatic rings. The van der Waals surface area contributed by atoms with Gasteiger partial charge in [0, 0.05) is 31.5 Å². The number of hydrogen-bond donors (Lipinski definition) is 2. The summed E-state index contributed by atoms with van der Waals surface area (Å²) in [6, 6.07) is 4.29. The fourth-order valence-electron chi connectivity index (χ4n) is 4.86. The SMILES string of the molecule is COc1ccc(C(=O)CNCN(C)C)cc1Nc1ncc(C(F)(F)F)c(C[C@@H]2CCCC[C@H]2N(C)S(C)(=O)=O)n1. The number of halogens is 3. The smallest absolute Gasteiger partial charge is 0.419 e. The van der Waals surface area contributed by atoms with Crippen molar-refractivity contribution in [2.45, 2.75) is 44.3 Å². The average Bonchev–Trinajstić information content (AvgIpc) is 2.87. The first-order valence-electron chi connectivity index (χ1n) is 12.9. The number of alkyl halides is 3.